The molecule has 4 nitrogen and oxygen atoms in total. The van der Waals surface area contributed by atoms with Crippen molar-refractivity contribution in [2.24, 2.45) is 0 Å². The maximum Gasteiger partial charge on any atom is 0.254 e. The predicted molar refractivity (Wildman–Crippen MR) is 61.6 cm³/mol. The average Bonchev–Trinajstić information content (AvgIpc) is 2.33. The molecule has 1 rings (SSSR count). The van der Waals surface area contributed by atoms with E-state index >= 15 is 0 Å². The molecule has 100 valence electrons. The summed E-state index contributed by atoms with van der Waals surface area (Å²) in [6.07, 6.45) is 0. The van der Waals surface area contributed by atoms with Crippen LogP contribution in [0.25, 0.3) is 0 Å². The number of aliphatic hydroxyl groups is 1. The fourth-order valence-corrected chi connectivity index (χ4v) is 1.35. The first-order chi connectivity index (χ1) is 8.56. The second-order valence-electron chi connectivity index (χ2n) is 3.34. The van der Waals surface area contributed by atoms with Gasteiger partial charge in [-0.05, 0) is 12.1 Å². The fourth-order valence-electron chi connectivity index (χ4n) is 1.20. The Morgan fingerprint density at radius 1 is 1.33 bits per heavy atom. The Morgan fingerprint density at radius 3 is 2.72 bits per heavy atom. The van der Waals surface area contributed by atoms with Crippen molar-refractivity contribution in [3.63, 3.8) is 0 Å². The summed E-state index contributed by atoms with van der Waals surface area (Å²) in [5, 5.41) is 10.4. The van der Waals surface area contributed by atoms with Crippen molar-refractivity contribution in [1.82, 2.24) is 5.32 Å². The average molecular weight is 280 g/mol. The van der Waals surface area contributed by atoms with Crippen LogP contribution in [-0.4, -0.2) is 37.4 Å². The van der Waals surface area contributed by atoms with Crippen molar-refractivity contribution in [3.8, 4) is 0 Å². The van der Waals surface area contributed by atoms with Crippen molar-refractivity contribution < 1.29 is 23.4 Å². The zero-order chi connectivity index (χ0) is 13.5. The molecule has 0 fully saturated rings. The lowest BCUT2D eigenvalue weighted by molar-refractivity contribution is 0.0835. The molecule has 0 radical (unpaired) electrons. The summed E-state index contributed by atoms with van der Waals surface area (Å²) in [7, 11) is 0. The molecule has 0 unspecified atom stereocenters. The maximum absolute atomic E-state index is 13.3. The van der Waals surface area contributed by atoms with Gasteiger partial charge in [0, 0.05) is 6.54 Å². The Bertz CT molecular complexity index is 429. The van der Waals surface area contributed by atoms with Crippen LogP contribution in [0.2, 0.25) is 5.02 Å². The van der Waals surface area contributed by atoms with Gasteiger partial charge in [0.15, 0.2) is 0 Å². The summed E-state index contributed by atoms with van der Waals surface area (Å²) in [6, 6.07) is 1.48. The van der Waals surface area contributed by atoms with Crippen LogP contribution in [0, 0.1) is 11.6 Å². The van der Waals surface area contributed by atoms with E-state index in [1.54, 1.807) is 0 Å². The number of carbonyl (C=O) groups is 1. The SMILES string of the molecule is O=C(NCCOCCO)c1cc(F)c(Cl)cc1F. The minimum atomic E-state index is -0.893. The highest BCUT2D eigenvalue weighted by atomic mass is 35.5. The number of rotatable bonds is 6. The lowest BCUT2D eigenvalue weighted by Crippen LogP contribution is -2.28. The van der Waals surface area contributed by atoms with Gasteiger partial charge >= 0.3 is 0 Å². The van der Waals surface area contributed by atoms with Crippen molar-refractivity contribution in [2.45, 2.75) is 0 Å². The minimum absolute atomic E-state index is 0.120. The Morgan fingerprint density at radius 2 is 2.06 bits per heavy atom. The van der Waals surface area contributed by atoms with E-state index in [9.17, 15) is 13.6 Å². The molecule has 0 aromatic heterocycles. The van der Waals surface area contributed by atoms with Crippen LogP contribution in [0.5, 0.6) is 0 Å². The summed E-state index contributed by atoms with van der Waals surface area (Å²) in [6.45, 7) is 0.331. The Balaban J connectivity index is 2.54. The number of carbonyl (C=O) groups excluding carboxylic acids is 1. The molecule has 1 amide bonds. The van der Waals surface area contributed by atoms with Gasteiger partial charge in [0.05, 0.1) is 30.4 Å². The molecule has 1 aromatic carbocycles. The normalized spacial score (nSPS) is 10.4. The highest BCUT2D eigenvalue weighted by Gasteiger charge is 2.14. The quantitative estimate of drug-likeness (QED) is 0.611. The van der Waals surface area contributed by atoms with Crippen LogP contribution in [0.3, 0.4) is 0 Å². The molecule has 0 aliphatic rings. The predicted octanol–water partition coefficient (Wildman–Crippen LogP) is 1.36. The molecular weight excluding hydrogens is 268 g/mol. The standard InChI is InChI=1S/C11H12ClF2NO3/c12-8-6-9(13)7(5-10(8)14)11(17)15-1-3-18-4-2-16/h5-6,16H,1-4H2,(H,15,17). The second kappa shape index (κ2) is 7.25. The van der Waals surface area contributed by atoms with Crippen molar-refractivity contribution in [3.05, 3.63) is 34.4 Å². The van der Waals surface area contributed by atoms with Crippen LogP contribution in [0.1, 0.15) is 10.4 Å². The van der Waals surface area contributed by atoms with E-state index < -0.39 is 23.1 Å². The topological polar surface area (TPSA) is 58.6 Å². The molecular formula is C11H12ClF2NO3. The lowest BCUT2D eigenvalue weighted by atomic mass is 10.2. The van der Waals surface area contributed by atoms with Crippen molar-refractivity contribution in [1.29, 1.82) is 0 Å². The van der Waals surface area contributed by atoms with Gasteiger partial charge in [-0.25, -0.2) is 8.78 Å². The van der Waals surface area contributed by atoms with Gasteiger partial charge in [-0.2, -0.15) is 0 Å². The Labute approximate surface area is 108 Å². The van der Waals surface area contributed by atoms with Gasteiger partial charge in [-0.3, -0.25) is 4.79 Å². The Kier molecular flexibility index (Phi) is 5.97. The van der Waals surface area contributed by atoms with Crippen LogP contribution in [-0.2, 0) is 4.74 Å². The van der Waals surface area contributed by atoms with Gasteiger partial charge in [-0.15, -0.1) is 0 Å². The first-order valence-electron chi connectivity index (χ1n) is 5.17. The fraction of sp³-hybridized carbons (Fsp3) is 0.364. The van der Waals surface area contributed by atoms with E-state index in [2.05, 4.69) is 5.32 Å². The molecule has 2 N–H and O–H groups in total. The third-order valence-corrected chi connectivity index (χ3v) is 2.31. The highest BCUT2D eigenvalue weighted by Crippen LogP contribution is 2.19. The number of ether oxygens (including phenoxy) is 1. The summed E-state index contributed by atoms with van der Waals surface area (Å²) in [5.74, 6) is -2.51. The van der Waals surface area contributed by atoms with Gasteiger partial charge in [0.2, 0.25) is 0 Å². The zero-order valence-corrected chi connectivity index (χ0v) is 10.1. The number of amides is 1. The molecule has 7 heteroatoms. The summed E-state index contributed by atoms with van der Waals surface area (Å²) < 4.78 is 31.3. The van der Waals surface area contributed by atoms with Crippen LogP contribution in [0.4, 0.5) is 8.78 Å². The number of benzene rings is 1. The molecule has 0 atom stereocenters. The molecule has 0 bridgehead atoms. The molecule has 0 aliphatic heterocycles. The molecule has 0 heterocycles. The second-order valence-corrected chi connectivity index (χ2v) is 3.75. The monoisotopic (exact) mass is 279 g/mol. The molecule has 0 saturated heterocycles. The Hall–Kier alpha value is -1.24. The van der Waals surface area contributed by atoms with E-state index in [1.165, 1.54) is 0 Å². The van der Waals surface area contributed by atoms with Crippen molar-refractivity contribution >= 4 is 17.5 Å². The summed E-state index contributed by atoms with van der Waals surface area (Å²) >= 11 is 5.36. The smallest absolute Gasteiger partial charge is 0.254 e. The van der Waals surface area contributed by atoms with E-state index in [-0.39, 0.29) is 31.4 Å². The van der Waals surface area contributed by atoms with Crippen LogP contribution >= 0.6 is 11.6 Å². The van der Waals surface area contributed by atoms with E-state index in [0.717, 1.165) is 12.1 Å². The van der Waals surface area contributed by atoms with E-state index in [4.69, 9.17) is 21.4 Å². The molecule has 0 spiro atoms. The lowest BCUT2D eigenvalue weighted by Gasteiger charge is -2.07. The van der Waals surface area contributed by atoms with Gasteiger partial charge < -0.3 is 15.2 Å². The van der Waals surface area contributed by atoms with E-state index in [1.807, 2.05) is 0 Å². The summed E-state index contributed by atoms with van der Waals surface area (Å²) in [4.78, 5) is 11.5. The maximum atomic E-state index is 13.3. The van der Waals surface area contributed by atoms with Crippen LogP contribution in [0.15, 0.2) is 12.1 Å². The van der Waals surface area contributed by atoms with Gasteiger partial charge in [-0.1, -0.05) is 11.6 Å². The highest BCUT2D eigenvalue weighted by molar-refractivity contribution is 6.30. The molecule has 0 aliphatic carbocycles. The molecule has 1 aromatic rings. The molecule has 18 heavy (non-hydrogen) atoms. The number of halogens is 3. The number of hydrogen-bond acceptors (Lipinski definition) is 3. The number of nitrogens with one attached hydrogen (secondary N) is 1. The number of hydrogen-bond donors (Lipinski definition) is 2. The molecule has 0 saturated carbocycles. The third kappa shape index (κ3) is 4.21. The van der Waals surface area contributed by atoms with Crippen molar-refractivity contribution in [2.75, 3.05) is 26.4 Å². The minimum Gasteiger partial charge on any atom is -0.394 e. The first-order valence-corrected chi connectivity index (χ1v) is 5.55. The van der Waals surface area contributed by atoms with Gasteiger partial charge in [0.25, 0.3) is 5.91 Å². The summed E-state index contributed by atoms with van der Waals surface area (Å²) in [5.41, 5.74) is -0.418. The number of aliphatic hydroxyl groups excluding tert-OH is 1. The first kappa shape index (κ1) is 14.8. The third-order valence-electron chi connectivity index (χ3n) is 2.02. The van der Waals surface area contributed by atoms with Crippen LogP contribution < -0.4 is 5.32 Å². The van der Waals surface area contributed by atoms with Gasteiger partial charge in [0.1, 0.15) is 11.6 Å². The largest absolute Gasteiger partial charge is 0.394 e. The van der Waals surface area contributed by atoms with E-state index in [0.29, 0.717) is 0 Å². The zero-order valence-electron chi connectivity index (χ0n) is 9.38.